The lowest BCUT2D eigenvalue weighted by atomic mass is 9.86. The van der Waals surface area contributed by atoms with Gasteiger partial charge in [-0.15, -0.1) is 0 Å². The van der Waals surface area contributed by atoms with Crippen LogP contribution >= 0.6 is 23.4 Å². The van der Waals surface area contributed by atoms with Crippen molar-refractivity contribution in [2.24, 2.45) is 0 Å². The minimum absolute atomic E-state index is 0.167. The fourth-order valence-electron chi connectivity index (χ4n) is 2.68. The molecule has 1 amide bonds. The standard InChI is InChI=1S/C16H17ClN4O2S/c1-2-5-24-16-20-14-13(15(23)21-16)9(7-12(22)19-14)8-3-4-10(17)11(18)6-8/h3-4,6,9H,2,5,7,18H2,1H3,(H2,19,20,21,22,23). The number of halogens is 1. The molecule has 1 aliphatic heterocycles. The Hall–Kier alpha value is -1.99. The second kappa shape index (κ2) is 6.86. The van der Waals surface area contributed by atoms with Gasteiger partial charge in [-0.2, -0.15) is 0 Å². The first-order valence-electron chi connectivity index (χ1n) is 7.61. The number of aromatic amines is 1. The molecule has 0 saturated heterocycles. The molecule has 4 N–H and O–H groups in total. The topological polar surface area (TPSA) is 101 Å². The number of nitrogen functional groups attached to an aromatic ring is 1. The number of aromatic nitrogens is 2. The molecule has 0 bridgehead atoms. The first kappa shape index (κ1) is 16.9. The first-order valence-corrected chi connectivity index (χ1v) is 8.97. The molecule has 6 nitrogen and oxygen atoms in total. The average Bonchev–Trinajstić information content (AvgIpc) is 2.54. The van der Waals surface area contributed by atoms with E-state index in [0.29, 0.717) is 27.2 Å². The van der Waals surface area contributed by atoms with Crippen molar-refractivity contribution in [3.8, 4) is 0 Å². The average molecular weight is 365 g/mol. The van der Waals surface area contributed by atoms with Crippen molar-refractivity contribution in [2.75, 3.05) is 16.8 Å². The number of hydrogen-bond donors (Lipinski definition) is 3. The Balaban J connectivity index is 2.07. The number of fused-ring (bicyclic) bond motifs is 1. The van der Waals surface area contributed by atoms with Crippen molar-refractivity contribution in [1.82, 2.24) is 9.97 Å². The van der Waals surface area contributed by atoms with Gasteiger partial charge in [-0.1, -0.05) is 36.4 Å². The molecular weight excluding hydrogens is 348 g/mol. The van der Waals surface area contributed by atoms with E-state index < -0.39 is 5.92 Å². The Bertz CT molecular complexity index is 852. The number of nitrogens with two attached hydrogens (primary N) is 1. The second-order valence-corrected chi connectivity index (χ2v) is 7.06. The number of carbonyl (C=O) groups excluding carboxylic acids is 1. The van der Waals surface area contributed by atoms with E-state index in [1.165, 1.54) is 11.8 Å². The van der Waals surface area contributed by atoms with Gasteiger partial charge in [0.05, 0.1) is 16.3 Å². The van der Waals surface area contributed by atoms with Crippen LogP contribution in [-0.2, 0) is 4.79 Å². The van der Waals surface area contributed by atoms with Crippen LogP contribution in [0, 0.1) is 0 Å². The van der Waals surface area contributed by atoms with Crippen molar-refractivity contribution in [1.29, 1.82) is 0 Å². The number of benzene rings is 1. The minimum atomic E-state index is -0.394. The first-order chi connectivity index (χ1) is 11.5. The molecule has 24 heavy (non-hydrogen) atoms. The third kappa shape index (κ3) is 3.27. The van der Waals surface area contributed by atoms with Crippen LogP contribution in [-0.4, -0.2) is 21.6 Å². The van der Waals surface area contributed by atoms with Gasteiger partial charge >= 0.3 is 0 Å². The highest BCUT2D eigenvalue weighted by Gasteiger charge is 2.31. The molecule has 0 saturated carbocycles. The predicted molar refractivity (Wildman–Crippen MR) is 96.8 cm³/mol. The number of H-pyrrole nitrogens is 1. The maximum atomic E-state index is 12.6. The van der Waals surface area contributed by atoms with E-state index in [1.807, 2.05) is 6.92 Å². The maximum absolute atomic E-state index is 12.6. The highest BCUT2D eigenvalue weighted by molar-refractivity contribution is 7.99. The van der Waals surface area contributed by atoms with E-state index in [9.17, 15) is 9.59 Å². The van der Waals surface area contributed by atoms with Gasteiger partial charge in [0, 0.05) is 18.1 Å². The number of carbonyl (C=O) groups is 1. The van der Waals surface area contributed by atoms with Crippen molar-refractivity contribution < 1.29 is 4.79 Å². The van der Waals surface area contributed by atoms with Crippen LogP contribution in [0.25, 0.3) is 0 Å². The summed E-state index contributed by atoms with van der Waals surface area (Å²) in [5.41, 5.74) is 7.27. The summed E-state index contributed by atoms with van der Waals surface area (Å²) >= 11 is 7.42. The van der Waals surface area contributed by atoms with Gasteiger partial charge in [-0.25, -0.2) is 4.98 Å². The fourth-order valence-corrected chi connectivity index (χ4v) is 3.52. The molecule has 0 aliphatic carbocycles. The number of hydrogen-bond acceptors (Lipinski definition) is 5. The van der Waals surface area contributed by atoms with Crippen LogP contribution in [0.4, 0.5) is 11.5 Å². The molecule has 3 rings (SSSR count). The normalized spacial score (nSPS) is 16.6. The van der Waals surface area contributed by atoms with Gasteiger partial charge in [0.15, 0.2) is 5.16 Å². The smallest absolute Gasteiger partial charge is 0.257 e. The van der Waals surface area contributed by atoms with E-state index in [0.717, 1.165) is 17.7 Å². The Morgan fingerprint density at radius 3 is 2.92 bits per heavy atom. The van der Waals surface area contributed by atoms with Gasteiger partial charge in [0.2, 0.25) is 5.91 Å². The lowest BCUT2D eigenvalue weighted by Gasteiger charge is -2.24. The Morgan fingerprint density at radius 1 is 1.42 bits per heavy atom. The molecule has 2 heterocycles. The van der Waals surface area contributed by atoms with E-state index in [1.54, 1.807) is 18.2 Å². The second-order valence-electron chi connectivity index (χ2n) is 5.57. The highest BCUT2D eigenvalue weighted by atomic mass is 35.5. The van der Waals surface area contributed by atoms with Crippen molar-refractivity contribution in [3.05, 3.63) is 44.7 Å². The van der Waals surface area contributed by atoms with Crippen molar-refractivity contribution in [3.63, 3.8) is 0 Å². The van der Waals surface area contributed by atoms with E-state index in [-0.39, 0.29) is 17.9 Å². The number of rotatable bonds is 4. The number of thioether (sulfide) groups is 1. The van der Waals surface area contributed by atoms with Gasteiger partial charge in [-0.05, 0) is 24.1 Å². The summed E-state index contributed by atoms with van der Waals surface area (Å²) in [6.45, 7) is 2.05. The van der Waals surface area contributed by atoms with Crippen molar-refractivity contribution >= 4 is 40.8 Å². The van der Waals surface area contributed by atoms with Crippen molar-refractivity contribution in [2.45, 2.75) is 30.8 Å². The van der Waals surface area contributed by atoms with E-state index >= 15 is 0 Å². The Labute approximate surface area is 148 Å². The number of nitrogens with zero attached hydrogens (tertiary/aromatic N) is 1. The molecule has 0 radical (unpaired) electrons. The Morgan fingerprint density at radius 2 is 2.21 bits per heavy atom. The third-order valence-electron chi connectivity index (χ3n) is 3.79. The molecule has 1 aromatic heterocycles. The predicted octanol–water partition coefficient (Wildman–Crippen LogP) is 2.98. The third-order valence-corrected chi connectivity index (χ3v) is 5.22. The molecule has 2 aromatic rings. The number of anilines is 2. The van der Waals surface area contributed by atoms with Crippen LogP contribution in [0.5, 0.6) is 0 Å². The highest BCUT2D eigenvalue weighted by Crippen LogP contribution is 2.36. The maximum Gasteiger partial charge on any atom is 0.257 e. The number of nitrogens with one attached hydrogen (secondary N) is 2. The van der Waals surface area contributed by atoms with E-state index in [4.69, 9.17) is 17.3 Å². The van der Waals surface area contributed by atoms with Crippen LogP contribution in [0.3, 0.4) is 0 Å². The minimum Gasteiger partial charge on any atom is -0.398 e. The van der Waals surface area contributed by atoms with Crippen LogP contribution in [0.15, 0.2) is 28.2 Å². The molecule has 126 valence electrons. The van der Waals surface area contributed by atoms with Crippen LogP contribution in [0.2, 0.25) is 5.02 Å². The summed E-state index contributed by atoms with van der Waals surface area (Å²) in [6, 6.07) is 5.16. The molecule has 0 spiro atoms. The summed E-state index contributed by atoms with van der Waals surface area (Å²) in [6.07, 6.45) is 1.13. The fraction of sp³-hybridized carbons (Fsp3) is 0.312. The van der Waals surface area contributed by atoms with Gasteiger partial charge < -0.3 is 16.0 Å². The SMILES string of the molecule is CCCSc1nc2c(c(=O)[nH]1)C(c1ccc(Cl)c(N)c1)CC(=O)N2. The molecule has 1 unspecified atom stereocenters. The van der Waals surface area contributed by atoms with Gasteiger partial charge in [0.1, 0.15) is 5.82 Å². The molecule has 8 heteroatoms. The summed E-state index contributed by atoms with van der Waals surface area (Å²) in [4.78, 5) is 31.8. The zero-order valence-electron chi connectivity index (χ0n) is 13.1. The molecule has 0 fully saturated rings. The molecule has 1 atom stereocenters. The summed E-state index contributed by atoms with van der Waals surface area (Å²) < 4.78 is 0. The largest absolute Gasteiger partial charge is 0.398 e. The van der Waals surface area contributed by atoms with E-state index in [2.05, 4.69) is 15.3 Å². The Kier molecular flexibility index (Phi) is 4.82. The summed E-state index contributed by atoms with van der Waals surface area (Å²) in [5.74, 6) is 0.597. The van der Waals surface area contributed by atoms with Gasteiger partial charge in [0.25, 0.3) is 5.56 Å². The molecule has 1 aliphatic rings. The lowest BCUT2D eigenvalue weighted by Crippen LogP contribution is -2.31. The summed E-state index contributed by atoms with van der Waals surface area (Å²) in [7, 11) is 0. The van der Waals surface area contributed by atoms with Crippen LogP contribution < -0.4 is 16.6 Å². The zero-order chi connectivity index (χ0) is 17.3. The zero-order valence-corrected chi connectivity index (χ0v) is 14.6. The summed E-state index contributed by atoms with van der Waals surface area (Å²) in [5, 5.41) is 3.66. The monoisotopic (exact) mass is 364 g/mol. The lowest BCUT2D eigenvalue weighted by molar-refractivity contribution is -0.116. The quantitative estimate of drug-likeness (QED) is 0.440. The van der Waals surface area contributed by atoms with Crippen LogP contribution in [0.1, 0.15) is 36.8 Å². The number of amides is 1. The molecular formula is C16H17ClN4O2S. The molecule has 1 aromatic carbocycles. The van der Waals surface area contributed by atoms with Gasteiger partial charge in [-0.3, -0.25) is 9.59 Å².